The number of hydrogen-bond acceptors (Lipinski definition) is 1. The van der Waals surface area contributed by atoms with Crippen LogP contribution in [-0.4, -0.2) is 22.3 Å². The summed E-state index contributed by atoms with van der Waals surface area (Å²) < 4.78 is 0.747. The molecule has 0 saturated heterocycles. The minimum atomic E-state index is 0. The van der Waals surface area contributed by atoms with Crippen molar-refractivity contribution in [1.82, 2.24) is 4.90 Å². The normalized spacial score (nSPS) is 9.15. The van der Waals surface area contributed by atoms with Crippen molar-refractivity contribution in [2.24, 2.45) is 0 Å². The topological polar surface area (TPSA) is 3.24 Å². The fraction of sp³-hybridized carbons (Fsp3) is 0.889. The first-order valence-electron chi connectivity index (χ1n) is 4.70. The monoisotopic (exact) mass is 261 g/mol. The average Bonchev–Trinajstić information content (AvgIpc) is 2.04. The zero-order valence-electron chi connectivity index (χ0n) is 8.40. The molecule has 1 nitrogen and oxygen atoms in total. The van der Waals surface area contributed by atoms with Crippen molar-refractivity contribution >= 4 is 29.2 Å². The molecule has 0 heterocycles. The standard InChI is InChI=1S/C9H19NS2.Fe/c1-3-5-7-10(9(11)12)8-6-4-2;/h3-8H2,1-2H3,(H,11,12);. The van der Waals surface area contributed by atoms with Gasteiger partial charge in [-0.1, -0.05) is 38.9 Å². The first kappa shape index (κ1) is 16.2. The molecule has 0 aromatic heterocycles. The molecule has 0 aliphatic carbocycles. The van der Waals surface area contributed by atoms with Gasteiger partial charge in [-0.2, -0.15) is 0 Å². The van der Waals surface area contributed by atoms with Crippen molar-refractivity contribution in [3.8, 4) is 0 Å². The van der Waals surface area contributed by atoms with E-state index < -0.39 is 0 Å². The van der Waals surface area contributed by atoms with Gasteiger partial charge in [0, 0.05) is 30.2 Å². The largest absolute Gasteiger partial charge is 0.358 e. The SMILES string of the molecule is CCCCN(CCCC)C(=S)S.[Fe]. The Morgan fingerprint density at radius 1 is 1.15 bits per heavy atom. The van der Waals surface area contributed by atoms with E-state index in [2.05, 4.69) is 31.4 Å². The van der Waals surface area contributed by atoms with E-state index in [1.165, 1.54) is 25.7 Å². The Morgan fingerprint density at radius 3 is 1.77 bits per heavy atom. The van der Waals surface area contributed by atoms with Crippen LogP contribution in [0.1, 0.15) is 39.5 Å². The van der Waals surface area contributed by atoms with Gasteiger partial charge >= 0.3 is 0 Å². The van der Waals surface area contributed by atoms with Crippen LogP contribution in [0.3, 0.4) is 0 Å². The average molecular weight is 261 g/mol. The summed E-state index contributed by atoms with van der Waals surface area (Å²) in [7, 11) is 0. The molecule has 0 radical (unpaired) electrons. The minimum absolute atomic E-state index is 0. The Balaban J connectivity index is 0. The fourth-order valence-corrected chi connectivity index (χ4v) is 1.38. The molecule has 0 aromatic carbocycles. The summed E-state index contributed by atoms with van der Waals surface area (Å²) in [5, 5.41) is 0. The zero-order chi connectivity index (χ0) is 9.40. The smallest absolute Gasteiger partial charge is 0.133 e. The first-order valence-corrected chi connectivity index (χ1v) is 5.55. The van der Waals surface area contributed by atoms with E-state index in [0.29, 0.717) is 0 Å². The molecule has 0 unspecified atom stereocenters. The van der Waals surface area contributed by atoms with E-state index >= 15 is 0 Å². The number of rotatable bonds is 6. The van der Waals surface area contributed by atoms with Crippen LogP contribution in [0.25, 0.3) is 0 Å². The van der Waals surface area contributed by atoms with Crippen molar-refractivity contribution in [3.63, 3.8) is 0 Å². The van der Waals surface area contributed by atoms with Crippen molar-refractivity contribution in [3.05, 3.63) is 0 Å². The third-order valence-electron chi connectivity index (χ3n) is 1.83. The van der Waals surface area contributed by atoms with Gasteiger partial charge in [-0.25, -0.2) is 0 Å². The quantitative estimate of drug-likeness (QED) is 0.444. The molecule has 0 N–H and O–H groups in total. The van der Waals surface area contributed by atoms with Crippen molar-refractivity contribution in [2.45, 2.75) is 39.5 Å². The third-order valence-corrected chi connectivity index (χ3v) is 2.37. The van der Waals surface area contributed by atoms with Gasteiger partial charge in [0.2, 0.25) is 0 Å². The molecule has 0 aliphatic rings. The predicted octanol–water partition coefficient (Wildman–Crippen LogP) is 3.10. The Morgan fingerprint density at radius 2 is 1.54 bits per heavy atom. The van der Waals surface area contributed by atoms with Crippen molar-refractivity contribution in [1.29, 1.82) is 0 Å². The number of unbranched alkanes of at least 4 members (excludes halogenated alkanes) is 2. The molecule has 13 heavy (non-hydrogen) atoms. The number of thiocarbonyl (C=S) groups is 1. The molecule has 80 valence electrons. The van der Waals surface area contributed by atoms with Crippen LogP contribution in [0, 0.1) is 0 Å². The van der Waals surface area contributed by atoms with E-state index in [9.17, 15) is 0 Å². The van der Waals surface area contributed by atoms with Crippen LogP contribution in [0.5, 0.6) is 0 Å². The Bertz CT molecular complexity index is 123. The van der Waals surface area contributed by atoms with Gasteiger partial charge < -0.3 is 4.90 Å². The summed E-state index contributed by atoms with van der Waals surface area (Å²) in [4.78, 5) is 2.19. The first-order chi connectivity index (χ1) is 5.72. The second-order valence-corrected chi connectivity index (χ2v) is 4.09. The van der Waals surface area contributed by atoms with E-state index in [1.807, 2.05) is 0 Å². The van der Waals surface area contributed by atoms with Gasteiger partial charge in [0.25, 0.3) is 0 Å². The summed E-state index contributed by atoms with van der Waals surface area (Å²) in [5.41, 5.74) is 0. The molecule has 0 atom stereocenters. The Hall–Kier alpha value is 0.759. The second kappa shape index (κ2) is 10.8. The zero-order valence-corrected chi connectivity index (χ0v) is 11.2. The van der Waals surface area contributed by atoms with Crippen LogP contribution in [-0.2, 0) is 17.1 Å². The molecular formula is C9H19FeNS2. The van der Waals surface area contributed by atoms with Gasteiger partial charge in [0.1, 0.15) is 4.32 Å². The van der Waals surface area contributed by atoms with Gasteiger partial charge in [0.05, 0.1) is 0 Å². The Labute approximate surface area is 104 Å². The molecule has 0 bridgehead atoms. The number of thiol groups is 1. The van der Waals surface area contributed by atoms with E-state index in [4.69, 9.17) is 12.2 Å². The van der Waals surface area contributed by atoms with E-state index in [1.54, 1.807) is 0 Å². The number of nitrogens with zero attached hydrogens (tertiary/aromatic N) is 1. The van der Waals surface area contributed by atoms with Gasteiger partial charge in [0.15, 0.2) is 0 Å². The molecule has 0 amide bonds. The summed E-state index contributed by atoms with van der Waals surface area (Å²) in [6, 6.07) is 0. The van der Waals surface area contributed by atoms with Gasteiger partial charge in [-0.3, -0.25) is 0 Å². The van der Waals surface area contributed by atoms with Gasteiger partial charge in [-0.05, 0) is 12.8 Å². The Kier molecular flexibility index (Phi) is 13.5. The molecule has 4 heteroatoms. The van der Waals surface area contributed by atoms with Crippen LogP contribution >= 0.6 is 24.8 Å². The minimum Gasteiger partial charge on any atom is -0.358 e. The maximum Gasteiger partial charge on any atom is 0.133 e. The van der Waals surface area contributed by atoms with E-state index in [0.717, 1.165) is 17.4 Å². The predicted molar refractivity (Wildman–Crippen MR) is 63.0 cm³/mol. The number of hydrogen-bond donors (Lipinski definition) is 1. The van der Waals surface area contributed by atoms with Crippen LogP contribution in [0.4, 0.5) is 0 Å². The van der Waals surface area contributed by atoms with Gasteiger partial charge in [-0.15, -0.1) is 12.6 Å². The van der Waals surface area contributed by atoms with Crippen LogP contribution in [0.2, 0.25) is 0 Å². The van der Waals surface area contributed by atoms with E-state index in [-0.39, 0.29) is 17.1 Å². The molecule has 0 aliphatic heterocycles. The molecule has 0 rings (SSSR count). The maximum atomic E-state index is 5.03. The van der Waals surface area contributed by atoms with Crippen molar-refractivity contribution in [2.75, 3.05) is 13.1 Å². The molecular weight excluding hydrogens is 242 g/mol. The summed E-state index contributed by atoms with van der Waals surface area (Å²) in [6.45, 7) is 6.52. The molecule has 0 saturated carbocycles. The maximum absolute atomic E-state index is 5.03. The fourth-order valence-electron chi connectivity index (χ4n) is 1.00. The summed E-state index contributed by atoms with van der Waals surface area (Å²) in [6.07, 6.45) is 4.87. The third kappa shape index (κ3) is 9.07. The van der Waals surface area contributed by atoms with Crippen LogP contribution in [0.15, 0.2) is 0 Å². The second-order valence-electron chi connectivity index (χ2n) is 2.98. The van der Waals surface area contributed by atoms with Crippen molar-refractivity contribution < 1.29 is 17.1 Å². The molecule has 0 fully saturated rings. The molecule has 0 spiro atoms. The summed E-state index contributed by atoms with van der Waals surface area (Å²) in [5.74, 6) is 0. The summed E-state index contributed by atoms with van der Waals surface area (Å²) >= 11 is 9.23. The van der Waals surface area contributed by atoms with Crippen LogP contribution < -0.4 is 0 Å². The molecule has 0 aromatic rings.